The van der Waals surface area contributed by atoms with Gasteiger partial charge >= 0.3 is 0 Å². The molecule has 2 unspecified atom stereocenters. The highest BCUT2D eigenvalue weighted by Crippen LogP contribution is 2.12. The second-order valence-electron chi connectivity index (χ2n) is 5.92. The number of carbonyl (C=O) groups is 2. The second-order valence-corrected chi connectivity index (χ2v) is 5.92. The topological polar surface area (TPSA) is 58.6 Å². The van der Waals surface area contributed by atoms with E-state index in [1.165, 1.54) is 0 Å². The minimum atomic E-state index is -0.496. The maximum Gasteiger partial charge on any atom is 0.242 e. The molecule has 2 atom stereocenters. The minimum absolute atomic E-state index is 0.0198. The van der Waals surface area contributed by atoms with Crippen LogP contribution in [-0.4, -0.2) is 42.0 Å². The molecule has 1 fully saturated rings. The zero-order valence-electron chi connectivity index (χ0n) is 14.0. The third-order valence-corrected chi connectivity index (χ3v) is 4.19. The Balaban J connectivity index is 1.96. The van der Waals surface area contributed by atoms with Crippen LogP contribution in [-0.2, 0) is 20.9 Å². The molecule has 5 heteroatoms. The van der Waals surface area contributed by atoms with Crippen LogP contribution in [0.25, 0.3) is 0 Å². The van der Waals surface area contributed by atoms with E-state index in [0.29, 0.717) is 19.5 Å². The number of nitrogens with zero attached hydrogens (tertiary/aromatic N) is 1. The van der Waals surface area contributed by atoms with Crippen molar-refractivity contribution < 1.29 is 14.3 Å². The number of ether oxygens (including phenoxy) is 1. The van der Waals surface area contributed by atoms with E-state index < -0.39 is 6.04 Å². The summed E-state index contributed by atoms with van der Waals surface area (Å²) in [6.07, 6.45) is 2.52. The van der Waals surface area contributed by atoms with Gasteiger partial charge in [0.1, 0.15) is 6.04 Å². The maximum absolute atomic E-state index is 12.4. The molecule has 1 N–H and O–H groups in total. The standard InChI is InChI=1S/C18H26N2O3/c1-3-17(21)20(13-15-8-5-4-6-9-15)14(2)18(22)19-12-16-10-7-11-23-16/h4-6,8-9,14,16H,3,7,10-13H2,1-2H3,(H,19,22). The van der Waals surface area contributed by atoms with Gasteiger partial charge in [-0.3, -0.25) is 9.59 Å². The monoisotopic (exact) mass is 318 g/mol. The third-order valence-electron chi connectivity index (χ3n) is 4.19. The molecule has 1 aromatic rings. The lowest BCUT2D eigenvalue weighted by Gasteiger charge is -2.28. The van der Waals surface area contributed by atoms with Crippen molar-refractivity contribution in [3.63, 3.8) is 0 Å². The smallest absolute Gasteiger partial charge is 0.242 e. The van der Waals surface area contributed by atoms with Gasteiger partial charge in [0.05, 0.1) is 6.10 Å². The quantitative estimate of drug-likeness (QED) is 0.837. The Morgan fingerprint density at radius 2 is 2.09 bits per heavy atom. The highest BCUT2D eigenvalue weighted by atomic mass is 16.5. The van der Waals surface area contributed by atoms with Crippen molar-refractivity contribution >= 4 is 11.8 Å². The summed E-state index contributed by atoms with van der Waals surface area (Å²) < 4.78 is 5.51. The zero-order valence-corrected chi connectivity index (χ0v) is 14.0. The number of rotatable bonds is 7. The molecule has 1 aliphatic rings. The van der Waals surface area contributed by atoms with Crippen LogP contribution in [0.15, 0.2) is 30.3 Å². The average molecular weight is 318 g/mol. The molecule has 0 bridgehead atoms. The average Bonchev–Trinajstić information content (AvgIpc) is 3.10. The van der Waals surface area contributed by atoms with Gasteiger partial charge in [0.2, 0.25) is 11.8 Å². The summed E-state index contributed by atoms with van der Waals surface area (Å²) in [5.74, 6) is -0.146. The van der Waals surface area contributed by atoms with Crippen molar-refractivity contribution in [3.05, 3.63) is 35.9 Å². The first-order valence-corrected chi connectivity index (χ1v) is 8.34. The molecule has 23 heavy (non-hydrogen) atoms. The van der Waals surface area contributed by atoms with Crippen LogP contribution in [0.5, 0.6) is 0 Å². The van der Waals surface area contributed by atoms with E-state index in [-0.39, 0.29) is 17.9 Å². The molecule has 0 aromatic heterocycles. The minimum Gasteiger partial charge on any atom is -0.376 e. The molecule has 1 saturated heterocycles. The second kappa shape index (κ2) is 8.67. The fourth-order valence-electron chi connectivity index (χ4n) is 2.73. The van der Waals surface area contributed by atoms with Gasteiger partial charge in [0, 0.05) is 26.1 Å². The third kappa shape index (κ3) is 5.06. The Morgan fingerprint density at radius 1 is 1.35 bits per heavy atom. The summed E-state index contributed by atoms with van der Waals surface area (Å²) in [5.41, 5.74) is 1.02. The molecule has 1 aliphatic heterocycles. The number of hydrogen-bond acceptors (Lipinski definition) is 3. The van der Waals surface area contributed by atoms with Gasteiger partial charge in [0.15, 0.2) is 0 Å². The molecule has 0 aliphatic carbocycles. The normalized spacial score (nSPS) is 18.4. The summed E-state index contributed by atoms with van der Waals surface area (Å²) in [6.45, 7) is 5.33. The van der Waals surface area contributed by atoms with Crippen LogP contribution < -0.4 is 5.32 Å². The number of benzene rings is 1. The molecule has 126 valence electrons. The van der Waals surface area contributed by atoms with Crippen LogP contribution in [0.4, 0.5) is 0 Å². The SMILES string of the molecule is CCC(=O)N(Cc1ccccc1)C(C)C(=O)NCC1CCCO1. The van der Waals surface area contributed by atoms with E-state index in [4.69, 9.17) is 4.74 Å². The summed E-state index contributed by atoms with van der Waals surface area (Å²) in [7, 11) is 0. The molecule has 0 spiro atoms. The van der Waals surface area contributed by atoms with Crippen LogP contribution >= 0.6 is 0 Å². The number of hydrogen-bond donors (Lipinski definition) is 1. The summed E-state index contributed by atoms with van der Waals surface area (Å²) in [5, 5.41) is 2.91. The predicted molar refractivity (Wildman–Crippen MR) is 88.7 cm³/mol. The molecular weight excluding hydrogens is 292 g/mol. The number of amides is 2. The Labute approximate surface area is 138 Å². The van der Waals surface area contributed by atoms with Gasteiger partial charge in [-0.25, -0.2) is 0 Å². The van der Waals surface area contributed by atoms with Gasteiger partial charge < -0.3 is 15.0 Å². The van der Waals surface area contributed by atoms with Crippen LogP contribution in [0.2, 0.25) is 0 Å². The summed E-state index contributed by atoms with van der Waals surface area (Å²) >= 11 is 0. The highest BCUT2D eigenvalue weighted by Gasteiger charge is 2.26. The first-order chi connectivity index (χ1) is 11.1. The molecule has 0 saturated carbocycles. The van der Waals surface area contributed by atoms with Crippen molar-refractivity contribution in [3.8, 4) is 0 Å². The van der Waals surface area contributed by atoms with Crippen molar-refractivity contribution in [2.24, 2.45) is 0 Å². The van der Waals surface area contributed by atoms with Gasteiger partial charge in [-0.1, -0.05) is 37.3 Å². The molecule has 0 radical (unpaired) electrons. The number of nitrogens with one attached hydrogen (secondary N) is 1. The molecular formula is C18H26N2O3. The van der Waals surface area contributed by atoms with Crippen LogP contribution in [0.3, 0.4) is 0 Å². The van der Waals surface area contributed by atoms with Crippen molar-refractivity contribution in [1.82, 2.24) is 10.2 Å². The first kappa shape index (κ1) is 17.5. The van der Waals surface area contributed by atoms with Gasteiger partial charge in [-0.2, -0.15) is 0 Å². The first-order valence-electron chi connectivity index (χ1n) is 8.34. The largest absolute Gasteiger partial charge is 0.376 e. The van der Waals surface area contributed by atoms with Gasteiger partial charge in [-0.05, 0) is 25.3 Å². The zero-order chi connectivity index (χ0) is 16.7. The summed E-state index contributed by atoms with van der Waals surface area (Å²) in [4.78, 5) is 26.3. The van der Waals surface area contributed by atoms with Crippen molar-refractivity contribution in [2.75, 3.05) is 13.2 Å². The van der Waals surface area contributed by atoms with Crippen LogP contribution in [0, 0.1) is 0 Å². The lowest BCUT2D eigenvalue weighted by molar-refractivity contribution is -0.140. The molecule has 1 aromatic carbocycles. The highest BCUT2D eigenvalue weighted by molar-refractivity contribution is 5.87. The van der Waals surface area contributed by atoms with E-state index in [0.717, 1.165) is 25.0 Å². The molecule has 1 heterocycles. The van der Waals surface area contributed by atoms with E-state index in [1.54, 1.807) is 11.8 Å². The van der Waals surface area contributed by atoms with E-state index >= 15 is 0 Å². The Hall–Kier alpha value is -1.88. The van der Waals surface area contributed by atoms with Gasteiger partial charge in [-0.15, -0.1) is 0 Å². The van der Waals surface area contributed by atoms with Crippen molar-refractivity contribution in [1.29, 1.82) is 0 Å². The van der Waals surface area contributed by atoms with Crippen molar-refractivity contribution in [2.45, 2.75) is 51.8 Å². The van der Waals surface area contributed by atoms with E-state index in [9.17, 15) is 9.59 Å². The molecule has 5 nitrogen and oxygen atoms in total. The Bertz CT molecular complexity index is 512. The lowest BCUT2D eigenvalue weighted by Crippen LogP contribution is -2.48. The fraction of sp³-hybridized carbons (Fsp3) is 0.556. The van der Waals surface area contributed by atoms with E-state index in [2.05, 4.69) is 5.32 Å². The number of carbonyl (C=O) groups excluding carboxylic acids is 2. The van der Waals surface area contributed by atoms with Gasteiger partial charge in [0.25, 0.3) is 0 Å². The summed E-state index contributed by atoms with van der Waals surface area (Å²) in [6, 6.07) is 9.25. The Morgan fingerprint density at radius 3 is 2.70 bits per heavy atom. The predicted octanol–water partition coefficient (Wildman–Crippen LogP) is 2.11. The fourth-order valence-corrected chi connectivity index (χ4v) is 2.73. The molecule has 2 rings (SSSR count). The lowest BCUT2D eigenvalue weighted by atomic mass is 10.1. The van der Waals surface area contributed by atoms with E-state index in [1.807, 2.05) is 37.3 Å². The molecule has 2 amide bonds. The Kier molecular flexibility index (Phi) is 6.59. The maximum atomic E-state index is 12.4. The van der Waals surface area contributed by atoms with Crippen LogP contribution in [0.1, 0.15) is 38.7 Å².